The zero-order valence-electron chi connectivity index (χ0n) is 17.8. The van der Waals surface area contributed by atoms with Crippen LogP contribution < -0.4 is 14.8 Å². The highest BCUT2D eigenvalue weighted by atomic mass is 16.5. The molecule has 2 N–H and O–H groups in total. The Morgan fingerprint density at radius 3 is 2.28 bits per heavy atom. The number of carbonyl (C=O) groups is 3. The van der Waals surface area contributed by atoms with E-state index in [2.05, 4.69) is 5.32 Å². The fourth-order valence-electron chi connectivity index (χ4n) is 4.70. The van der Waals surface area contributed by atoms with Gasteiger partial charge in [-0.15, -0.1) is 0 Å². The van der Waals surface area contributed by atoms with Crippen LogP contribution in [0, 0.1) is 18.8 Å². The van der Waals surface area contributed by atoms with Gasteiger partial charge >= 0.3 is 5.97 Å². The standard InChI is InChI=1S/C21H28N2O6/c1-10-12(28-6)9-8-11(16(10)29-7)15-13-14(21(5,22-15)19(26)27)18(25)23(17(13)24)20(2,3)4/h8-9,13-15,22H,1-7H3,(H,26,27). The smallest absolute Gasteiger partial charge is 0.324 e. The predicted molar refractivity (Wildman–Crippen MR) is 105 cm³/mol. The van der Waals surface area contributed by atoms with Crippen LogP contribution in [0.1, 0.15) is 44.9 Å². The van der Waals surface area contributed by atoms with E-state index in [1.807, 2.05) is 6.92 Å². The highest BCUT2D eigenvalue weighted by molar-refractivity contribution is 6.10. The van der Waals surface area contributed by atoms with Gasteiger partial charge in [-0.1, -0.05) is 6.07 Å². The molecule has 0 saturated carbocycles. The molecule has 1 aromatic carbocycles. The third-order valence-electron chi connectivity index (χ3n) is 6.05. The number of carbonyl (C=O) groups excluding carboxylic acids is 2. The molecule has 29 heavy (non-hydrogen) atoms. The number of fused-ring (bicyclic) bond motifs is 1. The van der Waals surface area contributed by atoms with E-state index in [0.29, 0.717) is 17.1 Å². The topological polar surface area (TPSA) is 105 Å². The first-order chi connectivity index (χ1) is 13.4. The lowest BCUT2D eigenvalue weighted by Crippen LogP contribution is -2.55. The van der Waals surface area contributed by atoms with Crippen molar-refractivity contribution in [3.63, 3.8) is 0 Å². The number of amides is 2. The van der Waals surface area contributed by atoms with Gasteiger partial charge in [0, 0.05) is 22.7 Å². The molecule has 8 nitrogen and oxygen atoms in total. The third-order valence-corrected chi connectivity index (χ3v) is 6.05. The summed E-state index contributed by atoms with van der Waals surface area (Å²) in [5, 5.41) is 13.0. The minimum Gasteiger partial charge on any atom is -0.496 e. The molecule has 158 valence electrons. The first-order valence-electron chi connectivity index (χ1n) is 9.50. The quantitative estimate of drug-likeness (QED) is 0.739. The Labute approximate surface area is 170 Å². The van der Waals surface area contributed by atoms with Crippen molar-refractivity contribution in [2.75, 3.05) is 14.2 Å². The Bertz CT molecular complexity index is 890. The summed E-state index contributed by atoms with van der Waals surface area (Å²) in [6.07, 6.45) is 0. The van der Waals surface area contributed by atoms with Crippen molar-refractivity contribution in [1.29, 1.82) is 0 Å². The van der Waals surface area contributed by atoms with Crippen LogP contribution in [0.3, 0.4) is 0 Å². The highest BCUT2D eigenvalue weighted by Gasteiger charge is 2.68. The molecule has 0 spiro atoms. The summed E-state index contributed by atoms with van der Waals surface area (Å²) in [6.45, 7) is 8.59. The largest absolute Gasteiger partial charge is 0.496 e. The van der Waals surface area contributed by atoms with Crippen LogP contribution in [0.4, 0.5) is 0 Å². The lowest BCUT2D eigenvalue weighted by atomic mass is 9.80. The Morgan fingerprint density at radius 2 is 1.79 bits per heavy atom. The number of likely N-dealkylation sites (tertiary alicyclic amines) is 1. The van der Waals surface area contributed by atoms with Crippen LogP contribution >= 0.6 is 0 Å². The lowest BCUT2D eigenvalue weighted by molar-refractivity contribution is -0.152. The van der Waals surface area contributed by atoms with E-state index in [4.69, 9.17) is 9.47 Å². The van der Waals surface area contributed by atoms with Gasteiger partial charge in [0.25, 0.3) is 0 Å². The molecule has 0 aromatic heterocycles. The van der Waals surface area contributed by atoms with Crippen LogP contribution in [0.2, 0.25) is 0 Å². The summed E-state index contributed by atoms with van der Waals surface area (Å²) in [7, 11) is 3.06. The van der Waals surface area contributed by atoms with Crippen molar-refractivity contribution >= 4 is 17.8 Å². The second-order valence-corrected chi connectivity index (χ2v) is 8.83. The molecule has 1 aromatic rings. The number of carboxylic acid groups (broad SMARTS) is 1. The summed E-state index contributed by atoms with van der Waals surface area (Å²) >= 11 is 0. The van der Waals surface area contributed by atoms with Gasteiger partial charge in [0.2, 0.25) is 11.8 Å². The van der Waals surface area contributed by atoms with Crippen molar-refractivity contribution < 1.29 is 29.0 Å². The van der Waals surface area contributed by atoms with E-state index in [1.165, 1.54) is 18.9 Å². The fraction of sp³-hybridized carbons (Fsp3) is 0.571. The van der Waals surface area contributed by atoms with Gasteiger partial charge in [-0.25, -0.2) is 0 Å². The van der Waals surface area contributed by atoms with Crippen molar-refractivity contribution in [1.82, 2.24) is 10.2 Å². The van der Waals surface area contributed by atoms with Gasteiger partial charge < -0.3 is 14.6 Å². The Hall–Kier alpha value is -2.61. The number of rotatable bonds is 4. The average Bonchev–Trinajstić information content (AvgIpc) is 3.08. The minimum absolute atomic E-state index is 0.370. The SMILES string of the molecule is COc1ccc(C2NC(C)(C(=O)O)C3C(=O)N(C(C)(C)C)C(=O)C23)c(OC)c1C. The van der Waals surface area contributed by atoms with Gasteiger partial charge in [0.1, 0.15) is 17.0 Å². The van der Waals surface area contributed by atoms with Crippen LogP contribution in [0.15, 0.2) is 12.1 Å². The molecule has 2 heterocycles. The van der Waals surface area contributed by atoms with E-state index >= 15 is 0 Å². The summed E-state index contributed by atoms with van der Waals surface area (Å²) < 4.78 is 10.9. The van der Waals surface area contributed by atoms with Crippen molar-refractivity contribution in [2.24, 2.45) is 11.8 Å². The number of methoxy groups -OCH3 is 2. The molecule has 8 heteroatoms. The predicted octanol–water partition coefficient (Wildman–Crippen LogP) is 1.90. The zero-order chi connectivity index (χ0) is 21.9. The Balaban J connectivity index is 2.20. The lowest BCUT2D eigenvalue weighted by Gasteiger charge is -2.34. The number of hydrogen-bond donors (Lipinski definition) is 2. The molecule has 2 saturated heterocycles. The van der Waals surface area contributed by atoms with Gasteiger partial charge in [-0.3, -0.25) is 24.6 Å². The number of benzene rings is 1. The number of nitrogens with zero attached hydrogens (tertiary/aromatic N) is 1. The van der Waals surface area contributed by atoms with Gasteiger partial charge in [0.15, 0.2) is 0 Å². The van der Waals surface area contributed by atoms with Gasteiger partial charge in [0.05, 0.1) is 26.1 Å². The molecule has 2 aliphatic rings. The van der Waals surface area contributed by atoms with Crippen LogP contribution in [0.5, 0.6) is 11.5 Å². The van der Waals surface area contributed by atoms with Gasteiger partial charge in [-0.05, 0) is 40.7 Å². The maximum Gasteiger partial charge on any atom is 0.324 e. The van der Waals surface area contributed by atoms with Crippen LogP contribution in [0.25, 0.3) is 0 Å². The number of aliphatic carboxylic acids is 1. The first-order valence-corrected chi connectivity index (χ1v) is 9.50. The maximum atomic E-state index is 13.4. The normalized spacial score (nSPS) is 29.2. The molecule has 2 aliphatic heterocycles. The summed E-state index contributed by atoms with van der Waals surface area (Å²) in [6, 6.07) is 2.82. The summed E-state index contributed by atoms with van der Waals surface area (Å²) in [4.78, 5) is 40.0. The summed E-state index contributed by atoms with van der Waals surface area (Å²) in [5.74, 6) is -2.73. The van der Waals surface area contributed by atoms with Crippen LogP contribution in [-0.2, 0) is 14.4 Å². The van der Waals surface area contributed by atoms with Crippen LogP contribution in [-0.4, -0.2) is 53.1 Å². The summed E-state index contributed by atoms with van der Waals surface area (Å²) in [5.41, 5.74) is -0.967. The molecule has 0 aliphatic carbocycles. The number of imide groups is 1. The van der Waals surface area contributed by atoms with Crippen molar-refractivity contribution in [3.05, 3.63) is 23.3 Å². The van der Waals surface area contributed by atoms with Crippen molar-refractivity contribution in [3.8, 4) is 11.5 Å². The van der Waals surface area contributed by atoms with Crippen molar-refractivity contribution in [2.45, 2.75) is 51.7 Å². The molecule has 4 unspecified atom stereocenters. The van der Waals surface area contributed by atoms with E-state index in [9.17, 15) is 19.5 Å². The number of ether oxygens (including phenoxy) is 2. The average molecular weight is 404 g/mol. The Morgan fingerprint density at radius 1 is 1.17 bits per heavy atom. The number of carboxylic acids is 1. The highest BCUT2D eigenvalue weighted by Crippen LogP contribution is 2.52. The minimum atomic E-state index is -1.58. The molecule has 2 fully saturated rings. The zero-order valence-corrected chi connectivity index (χ0v) is 17.8. The van der Waals surface area contributed by atoms with Gasteiger partial charge in [-0.2, -0.15) is 0 Å². The monoisotopic (exact) mass is 404 g/mol. The maximum absolute atomic E-state index is 13.4. The number of nitrogens with one attached hydrogen (secondary N) is 1. The molecule has 0 bridgehead atoms. The van der Waals surface area contributed by atoms with E-state index in [-0.39, 0.29) is 5.91 Å². The second-order valence-electron chi connectivity index (χ2n) is 8.83. The van der Waals surface area contributed by atoms with E-state index in [0.717, 1.165) is 5.56 Å². The van der Waals surface area contributed by atoms with E-state index < -0.39 is 40.8 Å². The molecule has 2 amide bonds. The van der Waals surface area contributed by atoms with E-state index in [1.54, 1.807) is 40.0 Å². The molecule has 3 rings (SSSR count). The molecule has 0 radical (unpaired) electrons. The first kappa shape index (κ1) is 21.1. The molecule has 4 atom stereocenters. The number of hydrogen-bond acceptors (Lipinski definition) is 6. The molecular formula is C21H28N2O6. The Kier molecular flexibility index (Phi) is 4.89. The fourth-order valence-corrected chi connectivity index (χ4v) is 4.70. The second kappa shape index (κ2) is 6.73. The molecular weight excluding hydrogens is 376 g/mol. The third kappa shape index (κ3) is 2.88.